The van der Waals surface area contributed by atoms with Crippen molar-refractivity contribution >= 4 is 30.7 Å². The van der Waals surface area contributed by atoms with E-state index < -0.39 is 0 Å². The van der Waals surface area contributed by atoms with Crippen LogP contribution in [0.3, 0.4) is 0 Å². The number of nitrogens with zero attached hydrogens (tertiary/aromatic N) is 1. The van der Waals surface area contributed by atoms with Crippen LogP contribution < -0.4 is 10.6 Å². The summed E-state index contributed by atoms with van der Waals surface area (Å²) in [5, 5.41) is 6.40. The van der Waals surface area contributed by atoms with Crippen molar-refractivity contribution in [1.82, 2.24) is 15.5 Å². The number of morpholine rings is 1. The second kappa shape index (κ2) is 9.85. The Labute approximate surface area is 140 Å². The van der Waals surface area contributed by atoms with Crippen molar-refractivity contribution in [3.63, 3.8) is 0 Å². The van der Waals surface area contributed by atoms with Crippen LogP contribution in [0.2, 0.25) is 0 Å². The van der Waals surface area contributed by atoms with Crippen LogP contribution in [0.4, 0.5) is 0 Å². The number of hydrogen-bond donors (Lipinski definition) is 2. The lowest BCUT2D eigenvalue weighted by Crippen LogP contribution is -2.57. The number of rotatable bonds is 4. The maximum Gasteiger partial charge on any atom is 0.237 e. The van der Waals surface area contributed by atoms with E-state index in [1.165, 1.54) is 6.42 Å². The van der Waals surface area contributed by atoms with E-state index in [0.717, 1.165) is 45.7 Å². The number of hydrogen-bond acceptors (Lipinski definition) is 4. The predicted molar refractivity (Wildman–Crippen MR) is 89.6 cm³/mol. The Kier molecular flexibility index (Phi) is 9.81. The third-order valence-electron chi connectivity index (χ3n) is 4.19. The normalized spacial score (nSPS) is 23.6. The fourth-order valence-electron chi connectivity index (χ4n) is 2.78. The van der Waals surface area contributed by atoms with E-state index in [9.17, 15) is 4.79 Å². The van der Waals surface area contributed by atoms with E-state index >= 15 is 0 Å². The summed E-state index contributed by atoms with van der Waals surface area (Å²) in [5.74, 6) is 0.154. The molecule has 0 aliphatic carbocycles. The highest BCUT2D eigenvalue weighted by Crippen LogP contribution is 2.15. The van der Waals surface area contributed by atoms with Crippen molar-refractivity contribution in [2.24, 2.45) is 0 Å². The summed E-state index contributed by atoms with van der Waals surface area (Å²) in [4.78, 5) is 14.5. The fraction of sp³-hybridized carbons (Fsp3) is 0.929. The van der Waals surface area contributed by atoms with Crippen LogP contribution >= 0.6 is 24.8 Å². The van der Waals surface area contributed by atoms with Crippen LogP contribution in [0, 0.1) is 0 Å². The SMILES string of the molecule is CC(C)(CNC(=O)[C@@H]1CCCCN1)N1CCOCC1.Cl.Cl. The van der Waals surface area contributed by atoms with Crippen molar-refractivity contribution in [3.05, 3.63) is 0 Å². The number of carbonyl (C=O) groups is 1. The molecule has 0 aromatic rings. The van der Waals surface area contributed by atoms with E-state index in [0.29, 0.717) is 6.54 Å². The van der Waals surface area contributed by atoms with Gasteiger partial charge < -0.3 is 15.4 Å². The first-order chi connectivity index (χ1) is 9.09. The molecule has 1 amide bonds. The molecule has 2 fully saturated rings. The fourth-order valence-corrected chi connectivity index (χ4v) is 2.78. The minimum atomic E-state index is -0.00585. The van der Waals surface area contributed by atoms with Gasteiger partial charge in [-0.15, -0.1) is 24.8 Å². The molecule has 126 valence electrons. The van der Waals surface area contributed by atoms with Gasteiger partial charge in [0, 0.05) is 25.2 Å². The molecule has 0 aromatic carbocycles. The Morgan fingerprint density at radius 1 is 1.29 bits per heavy atom. The van der Waals surface area contributed by atoms with Gasteiger partial charge in [0.05, 0.1) is 19.3 Å². The Balaban J connectivity index is 0.00000200. The summed E-state index contributed by atoms with van der Waals surface area (Å²) in [6, 6.07) is 0.00855. The molecule has 0 aromatic heterocycles. The van der Waals surface area contributed by atoms with Crippen LogP contribution in [0.25, 0.3) is 0 Å². The molecule has 1 atom stereocenters. The van der Waals surface area contributed by atoms with Gasteiger partial charge >= 0.3 is 0 Å². The maximum absolute atomic E-state index is 12.1. The lowest BCUT2D eigenvalue weighted by Gasteiger charge is -2.41. The summed E-state index contributed by atoms with van der Waals surface area (Å²) < 4.78 is 5.38. The summed E-state index contributed by atoms with van der Waals surface area (Å²) in [6.07, 6.45) is 3.30. The number of halogens is 2. The molecule has 2 saturated heterocycles. The molecule has 5 nitrogen and oxygen atoms in total. The first-order valence-electron chi connectivity index (χ1n) is 7.43. The van der Waals surface area contributed by atoms with Gasteiger partial charge in [-0.25, -0.2) is 0 Å². The zero-order chi connectivity index (χ0) is 13.7. The van der Waals surface area contributed by atoms with Gasteiger partial charge in [-0.3, -0.25) is 9.69 Å². The minimum Gasteiger partial charge on any atom is -0.379 e. The van der Waals surface area contributed by atoms with Crippen molar-refractivity contribution in [2.75, 3.05) is 39.4 Å². The number of ether oxygens (including phenoxy) is 1. The second-order valence-corrected chi connectivity index (χ2v) is 6.13. The molecule has 7 heteroatoms. The third-order valence-corrected chi connectivity index (χ3v) is 4.19. The topological polar surface area (TPSA) is 53.6 Å². The molecule has 2 aliphatic rings. The van der Waals surface area contributed by atoms with Gasteiger partial charge in [-0.05, 0) is 33.2 Å². The highest BCUT2D eigenvalue weighted by atomic mass is 35.5. The molecule has 2 N–H and O–H groups in total. The molecule has 0 spiro atoms. The Hall–Kier alpha value is -0.0700. The summed E-state index contributed by atoms with van der Waals surface area (Å²) >= 11 is 0. The monoisotopic (exact) mass is 341 g/mol. The van der Waals surface area contributed by atoms with Gasteiger partial charge in [0.25, 0.3) is 0 Å². The first-order valence-corrected chi connectivity index (χ1v) is 7.43. The lowest BCUT2D eigenvalue weighted by atomic mass is 10.0. The third kappa shape index (κ3) is 6.28. The Bertz CT molecular complexity index is 305. The molecular weight excluding hydrogens is 313 g/mol. The number of piperidine rings is 1. The van der Waals surface area contributed by atoms with E-state index in [1.807, 2.05) is 0 Å². The molecule has 0 unspecified atom stereocenters. The van der Waals surface area contributed by atoms with Crippen LogP contribution in [0.15, 0.2) is 0 Å². The predicted octanol–water partition coefficient (Wildman–Crippen LogP) is 1.20. The number of nitrogens with one attached hydrogen (secondary N) is 2. The van der Waals surface area contributed by atoms with E-state index in [1.54, 1.807) is 0 Å². The summed E-state index contributed by atoms with van der Waals surface area (Å²) in [5.41, 5.74) is -0.00585. The van der Waals surface area contributed by atoms with Crippen molar-refractivity contribution < 1.29 is 9.53 Å². The highest BCUT2D eigenvalue weighted by Gasteiger charge is 2.29. The van der Waals surface area contributed by atoms with E-state index in [2.05, 4.69) is 29.4 Å². The Morgan fingerprint density at radius 3 is 2.52 bits per heavy atom. The lowest BCUT2D eigenvalue weighted by molar-refractivity contribution is -0.124. The van der Waals surface area contributed by atoms with E-state index in [4.69, 9.17) is 4.74 Å². The Morgan fingerprint density at radius 2 is 1.95 bits per heavy atom. The van der Waals surface area contributed by atoms with Crippen LogP contribution in [-0.4, -0.2) is 61.8 Å². The van der Waals surface area contributed by atoms with Crippen molar-refractivity contribution in [3.8, 4) is 0 Å². The molecule has 2 heterocycles. The molecule has 0 saturated carbocycles. The molecule has 0 radical (unpaired) electrons. The molecule has 2 aliphatic heterocycles. The standard InChI is InChI=1S/C14H27N3O2.2ClH/c1-14(2,17-7-9-19-10-8-17)11-16-13(18)12-5-3-4-6-15-12;;/h12,15H,3-11H2,1-2H3,(H,16,18);2*1H/t12-;;/m0../s1. The van der Waals surface area contributed by atoms with Crippen molar-refractivity contribution in [2.45, 2.75) is 44.7 Å². The second-order valence-electron chi connectivity index (χ2n) is 6.13. The summed E-state index contributed by atoms with van der Waals surface area (Å²) in [6.45, 7) is 9.52. The number of amides is 1. The summed E-state index contributed by atoms with van der Waals surface area (Å²) in [7, 11) is 0. The quantitative estimate of drug-likeness (QED) is 0.806. The van der Waals surface area contributed by atoms with E-state index in [-0.39, 0.29) is 42.3 Å². The van der Waals surface area contributed by atoms with Gasteiger partial charge in [-0.1, -0.05) is 6.42 Å². The average molecular weight is 342 g/mol. The highest BCUT2D eigenvalue weighted by molar-refractivity contribution is 5.85. The zero-order valence-electron chi connectivity index (χ0n) is 13.0. The minimum absolute atomic E-state index is 0. The average Bonchev–Trinajstić information content (AvgIpc) is 2.47. The largest absolute Gasteiger partial charge is 0.379 e. The van der Waals surface area contributed by atoms with Gasteiger partial charge in [-0.2, -0.15) is 0 Å². The number of carbonyl (C=O) groups excluding carboxylic acids is 1. The van der Waals surface area contributed by atoms with Gasteiger partial charge in [0.1, 0.15) is 0 Å². The van der Waals surface area contributed by atoms with Crippen LogP contribution in [0.5, 0.6) is 0 Å². The van der Waals surface area contributed by atoms with Crippen molar-refractivity contribution in [1.29, 1.82) is 0 Å². The maximum atomic E-state index is 12.1. The molecule has 2 rings (SSSR count). The molecule has 0 bridgehead atoms. The zero-order valence-corrected chi connectivity index (χ0v) is 14.7. The molecule has 21 heavy (non-hydrogen) atoms. The first kappa shape index (κ1) is 20.9. The van der Waals surface area contributed by atoms with Gasteiger partial charge in [0.2, 0.25) is 5.91 Å². The van der Waals surface area contributed by atoms with Crippen LogP contribution in [0.1, 0.15) is 33.1 Å². The van der Waals surface area contributed by atoms with Crippen LogP contribution in [-0.2, 0) is 9.53 Å². The van der Waals surface area contributed by atoms with Gasteiger partial charge in [0.15, 0.2) is 0 Å². The molecular formula is C14H29Cl2N3O2. The smallest absolute Gasteiger partial charge is 0.237 e.